The van der Waals surface area contributed by atoms with E-state index in [-0.39, 0.29) is 0 Å². The third-order valence-corrected chi connectivity index (χ3v) is 5.21. The minimum Gasteiger partial charge on any atom is -0.356 e. The monoisotopic (exact) mass is 339 g/mol. The summed E-state index contributed by atoms with van der Waals surface area (Å²) >= 11 is 1.27. The molecule has 0 spiro atoms. The lowest BCUT2D eigenvalue weighted by Gasteiger charge is -2.32. The number of nitrogens with two attached hydrogens (primary N) is 1. The summed E-state index contributed by atoms with van der Waals surface area (Å²) in [4.78, 5) is 15.8. The minimum absolute atomic E-state index is 0.697. The van der Waals surface area contributed by atoms with Crippen LogP contribution in [0, 0.1) is 5.92 Å². The largest absolute Gasteiger partial charge is 0.356 e. The molecule has 124 valence electrons. The topological polar surface area (TPSA) is 70.8 Å². The molecule has 4 rings (SSSR count). The maximum atomic E-state index is 5.72. The predicted molar refractivity (Wildman–Crippen MR) is 100.0 cm³/mol. The van der Waals surface area contributed by atoms with E-state index in [2.05, 4.69) is 38.9 Å². The van der Waals surface area contributed by atoms with Crippen molar-refractivity contribution in [3.63, 3.8) is 0 Å². The SMILES string of the molecule is CC1CCCN(c2ncnc3[nH]cc(-c4cccc(SN)c4)c23)C1. The van der Waals surface area contributed by atoms with Gasteiger partial charge in [0, 0.05) is 29.7 Å². The van der Waals surface area contributed by atoms with Crippen molar-refractivity contribution in [3.8, 4) is 11.1 Å². The number of aromatic amines is 1. The van der Waals surface area contributed by atoms with Gasteiger partial charge in [-0.1, -0.05) is 19.1 Å². The van der Waals surface area contributed by atoms with Gasteiger partial charge in [-0.2, -0.15) is 0 Å². The van der Waals surface area contributed by atoms with Gasteiger partial charge >= 0.3 is 0 Å². The van der Waals surface area contributed by atoms with Gasteiger partial charge in [-0.3, -0.25) is 5.14 Å². The molecule has 2 aromatic heterocycles. The number of piperidine rings is 1. The van der Waals surface area contributed by atoms with Crippen molar-refractivity contribution in [2.24, 2.45) is 11.1 Å². The molecule has 1 fully saturated rings. The van der Waals surface area contributed by atoms with Crippen LogP contribution in [0.1, 0.15) is 19.8 Å². The smallest absolute Gasteiger partial charge is 0.143 e. The van der Waals surface area contributed by atoms with Crippen LogP contribution in [0.5, 0.6) is 0 Å². The standard InChI is InChI=1S/C18H21N5S/c1-12-4-3-7-23(10-12)18-16-15(9-20-17(16)21-11-22-18)13-5-2-6-14(8-13)24-19/h2,5-6,8-9,11-12H,3-4,7,10,19H2,1H3,(H,20,21,22). The average Bonchev–Trinajstić information content (AvgIpc) is 3.06. The Labute approximate surface area is 145 Å². The molecule has 1 unspecified atom stereocenters. The third kappa shape index (κ3) is 2.76. The van der Waals surface area contributed by atoms with Gasteiger partial charge in [-0.05, 0) is 48.4 Å². The maximum Gasteiger partial charge on any atom is 0.143 e. The number of fused-ring (bicyclic) bond motifs is 1. The molecule has 1 aliphatic heterocycles. The van der Waals surface area contributed by atoms with Crippen LogP contribution in [-0.2, 0) is 0 Å². The van der Waals surface area contributed by atoms with Crippen LogP contribution in [-0.4, -0.2) is 28.0 Å². The van der Waals surface area contributed by atoms with Gasteiger partial charge in [0.05, 0.1) is 5.39 Å². The van der Waals surface area contributed by atoms with Crippen LogP contribution in [0.2, 0.25) is 0 Å². The number of benzene rings is 1. The summed E-state index contributed by atoms with van der Waals surface area (Å²) < 4.78 is 0. The van der Waals surface area contributed by atoms with Gasteiger partial charge in [0.15, 0.2) is 0 Å². The third-order valence-electron chi connectivity index (χ3n) is 4.69. The fourth-order valence-corrected chi connectivity index (χ4v) is 3.88. The Morgan fingerprint density at radius 2 is 2.25 bits per heavy atom. The van der Waals surface area contributed by atoms with Crippen LogP contribution in [0.4, 0.5) is 5.82 Å². The minimum atomic E-state index is 0.697. The highest BCUT2D eigenvalue weighted by Gasteiger charge is 2.22. The Balaban J connectivity index is 1.85. The number of H-pyrrole nitrogens is 1. The van der Waals surface area contributed by atoms with Gasteiger partial charge in [0.1, 0.15) is 17.8 Å². The van der Waals surface area contributed by atoms with E-state index in [0.29, 0.717) is 5.92 Å². The predicted octanol–water partition coefficient (Wildman–Crippen LogP) is 3.83. The van der Waals surface area contributed by atoms with E-state index in [1.54, 1.807) is 6.33 Å². The van der Waals surface area contributed by atoms with Gasteiger partial charge in [0.25, 0.3) is 0 Å². The van der Waals surface area contributed by atoms with Crippen LogP contribution in [0.3, 0.4) is 0 Å². The van der Waals surface area contributed by atoms with Crippen LogP contribution in [0.25, 0.3) is 22.2 Å². The molecule has 1 atom stereocenters. The average molecular weight is 339 g/mol. The molecule has 0 radical (unpaired) electrons. The van der Waals surface area contributed by atoms with E-state index in [1.165, 1.54) is 24.8 Å². The second-order valence-electron chi connectivity index (χ2n) is 6.46. The van der Waals surface area contributed by atoms with Gasteiger partial charge < -0.3 is 9.88 Å². The molecule has 0 bridgehead atoms. The Bertz CT molecular complexity index is 859. The van der Waals surface area contributed by atoms with Crippen LogP contribution >= 0.6 is 11.9 Å². The van der Waals surface area contributed by atoms with Crippen molar-refractivity contribution in [3.05, 3.63) is 36.8 Å². The quantitative estimate of drug-likeness (QED) is 0.710. The van der Waals surface area contributed by atoms with Gasteiger partial charge in [-0.25, -0.2) is 9.97 Å². The summed E-state index contributed by atoms with van der Waals surface area (Å²) in [5.41, 5.74) is 3.16. The van der Waals surface area contributed by atoms with Crippen molar-refractivity contribution < 1.29 is 0 Å². The van der Waals surface area contributed by atoms with E-state index in [4.69, 9.17) is 5.14 Å². The summed E-state index contributed by atoms with van der Waals surface area (Å²) in [6.07, 6.45) is 6.19. The van der Waals surface area contributed by atoms with E-state index < -0.39 is 0 Å². The van der Waals surface area contributed by atoms with Crippen molar-refractivity contribution in [2.45, 2.75) is 24.7 Å². The molecule has 0 amide bonds. The molecule has 3 aromatic rings. The Hall–Kier alpha value is -2.05. The molecule has 3 N–H and O–H groups in total. The van der Waals surface area contributed by atoms with E-state index >= 15 is 0 Å². The van der Waals surface area contributed by atoms with Crippen LogP contribution in [0.15, 0.2) is 41.7 Å². The molecule has 1 aromatic carbocycles. The highest BCUT2D eigenvalue weighted by Crippen LogP contribution is 2.35. The summed E-state index contributed by atoms with van der Waals surface area (Å²) in [5, 5.41) is 6.83. The van der Waals surface area contributed by atoms with Gasteiger partial charge in [0.2, 0.25) is 0 Å². The highest BCUT2D eigenvalue weighted by molar-refractivity contribution is 7.97. The van der Waals surface area contributed by atoms with E-state index in [0.717, 1.165) is 46.0 Å². The van der Waals surface area contributed by atoms with E-state index in [1.807, 2.05) is 18.3 Å². The Morgan fingerprint density at radius 1 is 1.33 bits per heavy atom. The first-order chi connectivity index (χ1) is 11.8. The summed E-state index contributed by atoms with van der Waals surface area (Å²) in [7, 11) is 0. The summed E-state index contributed by atoms with van der Waals surface area (Å²) in [5.74, 6) is 1.73. The van der Waals surface area contributed by atoms with Crippen LogP contribution < -0.4 is 10.0 Å². The number of rotatable bonds is 3. The second kappa shape index (κ2) is 6.45. The molecule has 0 saturated carbocycles. The molecule has 1 aliphatic rings. The normalized spacial score (nSPS) is 18.2. The number of aromatic nitrogens is 3. The lowest BCUT2D eigenvalue weighted by molar-refractivity contribution is 0.445. The molecule has 3 heterocycles. The zero-order valence-corrected chi connectivity index (χ0v) is 14.5. The van der Waals surface area contributed by atoms with Gasteiger partial charge in [-0.15, -0.1) is 0 Å². The van der Waals surface area contributed by atoms with Crippen molar-refractivity contribution in [1.29, 1.82) is 0 Å². The molecule has 0 aliphatic carbocycles. The molecule has 6 heteroatoms. The number of nitrogens with one attached hydrogen (secondary N) is 1. The molecule has 24 heavy (non-hydrogen) atoms. The van der Waals surface area contributed by atoms with Crippen molar-refractivity contribution in [2.75, 3.05) is 18.0 Å². The van der Waals surface area contributed by atoms with Crippen molar-refractivity contribution >= 4 is 28.8 Å². The zero-order chi connectivity index (χ0) is 16.5. The van der Waals surface area contributed by atoms with E-state index in [9.17, 15) is 0 Å². The first kappa shape index (κ1) is 15.5. The number of hydrogen-bond donors (Lipinski definition) is 2. The fraction of sp³-hybridized carbons (Fsp3) is 0.333. The van der Waals surface area contributed by atoms with Crippen molar-refractivity contribution in [1.82, 2.24) is 15.0 Å². The lowest BCUT2D eigenvalue weighted by atomic mass is 9.99. The number of anilines is 1. The second-order valence-corrected chi connectivity index (χ2v) is 7.17. The summed E-state index contributed by atoms with van der Waals surface area (Å²) in [6.45, 7) is 4.42. The zero-order valence-electron chi connectivity index (χ0n) is 13.7. The fourth-order valence-electron chi connectivity index (χ4n) is 3.53. The number of nitrogens with zero attached hydrogens (tertiary/aromatic N) is 3. The maximum absolute atomic E-state index is 5.72. The Morgan fingerprint density at radius 3 is 3.08 bits per heavy atom. The Kier molecular flexibility index (Phi) is 4.16. The number of hydrogen-bond acceptors (Lipinski definition) is 5. The molecular weight excluding hydrogens is 318 g/mol. The first-order valence-corrected chi connectivity index (χ1v) is 9.18. The first-order valence-electron chi connectivity index (χ1n) is 8.30. The highest BCUT2D eigenvalue weighted by atomic mass is 32.2. The molecular formula is C18H21N5S. The molecule has 5 nitrogen and oxygen atoms in total. The molecule has 1 saturated heterocycles. The summed E-state index contributed by atoms with van der Waals surface area (Å²) in [6, 6.07) is 8.28. The lowest BCUT2D eigenvalue weighted by Crippen LogP contribution is -2.35.